The van der Waals surface area contributed by atoms with Crippen LogP contribution in [0.3, 0.4) is 0 Å². The van der Waals surface area contributed by atoms with E-state index in [-0.39, 0.29) is 5.91 Å². The van der Waals surface area contributed by atoms with Crippen molar-refractivity contribution in [1.82, 2.24) is 14.8 Å². The molecular formula is C19H17BrN4OS. The van der Waals surface area contributed by atoms with E-state index in [4.69, 9.17) is 0 Å². The lowest BCUT2D eigenvalue weighted by atomic mass is 10.1. The summed E-state index contributed by atoms with van der Waals surface area (Å²) in [6.07, 6.45) is 6.91. The van der Waals surface area contributed by atoms with Crippen LogP contribution in [0.15, 0.2) is 64.5 Å². The number of carbonyl (C=O) groups excluding carboxylic acids is 1. The number of aryl methyl sites for hydroxylation is 1. The second-order valence-electron chi connectivity index (χ2n) is 5.59. The van der Waals surface area contributed by atoms with Gasteiger partial charge in [-0.05, 0) is 54.6 Å². The van der Waals surface area contributed by atoms with Gasteiger partial charge < -0.3 is 5.32 Å². The monoisotopic (exact) mass is 428 g/mol. The second-order valence-corrected chi connectivity index (χ2v) is 7.21. The molecule has 0 spiro atoms. The van der Waals surface area contributed by atoms with Gasteiger partial charge in [-0.25, -0.2) is 0 Å². The van der Waals surface area contributed by atoms with Crippen molar-refractivity contribution in [2.24, 2.45) is 0 Å². The van der Waals surface area contributed by atoms with Gasteiger partial charge in [-0.2, -0.15) is 0 Å². The molecule has 1 amide bonds. The van der Waals surface area contributed by atoms with Crippen molar-refractivity contribution in [1.29, 1.82) is 0 Å². The van der Waals surface area contributed by atoms with Crippen molar-refractivity contribution >= 4 is 45.4 Å². The van der Waals surface area contributed by atoms with Crippen molar-refractivity contribution in [3.8, 4) is 5.69 Å². The number of nitrogens with zero attached hydrogens (tertiary/aromatic N) is 3. The average Bonchev–Trinajstić information content (AvgIpc) is 3.10. The highest BCUT2D eigenvalue weighted by atomic mass is 79.9. The Hall–Kier alpha value is -2.38. The van der Waals surface area contributed by atoms with Gasteiger partial charge in [0, 0.05) is 16.2 Å². The van der Waals surface area contributed by atoms with Gasteiger partial charge in [0.25, 0.3) is 0 Å². The molecule has 0 unspecified atom stereocenters. The third-order valence-electron chi connectivity index (χ3n) is 3.66. The van der Waals surface area contributed by atoms with Crippen molar-refractivity contribution in [2.45, 2.75) is 12.1 Å². The number of amides is 1. The number of hydrogen-bond donors (Lipinski definition) is 1. The first-order valence-corrected chi connectivity index (χ1v) is 9.88. The van der Waals surface area contributed by atoms with Crippen LogP contribution in [0.1, 0.15) is 11.1 Å². The zero-order chi connectivity index (χ0) is 18.5. The van der Waals surface area contributed by atoms with Crippen molar-refractivity contribution in [2.75, 3.05) is 11.6 Å². The Kier molecular flexibility index (Phi) is 5.90. The van der Waals surface area contributed by atoms with Crippen molar-refractivity contribution < 1.29 is 4.79 Å². The number of rotatable bonds is 5. The lowest BCUT2D eigenvalue weighted by molar-refractivity contribution is -0.111. The van der Waals surface area contributed by atoms with Gasteiger partial charge in [0.1, 0.15) is 6.33 Å². The molecule has 0 aliphatic rings. The zero-order valence-corrected chi connectivity index (χ0v) is 16.7. The summed E-state index contributed by atoms with van der Waals surface area (Å²) in [6.45, 7) is 2.02. The maximum Gasteiger partial charge on any atom is 0.248 e. The molecule has 1 aromatic heterocycles. The van der Waals surface area contributed by atoms with Crippen LogP contribution in [-0.2, 0) is 4.79 Å². The standard InChI is InChI=1S/C19H17BrN4OS/c1-13-6-7-14(17(20)10-13)8-9-18(25)22-15-4-3-5-16(11-15)24-12-21-23-19(24)26-2/h3-12H,1-2H3,(H,22,25)/b9-8+. The van der Waals surface area contributed by atoms with Crippen LogP contribution in [0.5, 0.6) is 0 Å². The highest BCUT2D eigenvalue weighted by Crippen LogP contribution is 2.21. The first-order valence-electron chi connectivity index (χ1n) is 7.86. The van der Waals surface area contributed by atoms with Crippen LogP contribution < -0.4 is 5.32 Å². The number of hydrogen-bond acceptors (Lipinski definition) is 4. The molecule has 1 N–H and O–H groups in total. The topological polar surface area (TPSA) is 59.8 Å². The number of halogens is 1. The minimum Gasteiger partial charge on any atom is -0.322 e. The van der Waals surface area contributed by atoms with E-state index in [1.165, 1.54) is 17.8 Å². The number of nitrogens with one attached hydrogen (secondary N) is 1. The third kappa shape index (κ3) is 4.42. The molecule has 3 aromatic rings. The molecule has 0 radical (unpaired) electrons. The lowest BCUT2D eigenvalue weighted by Crippen LogP contribution is -2.08. The van der Waals surface area contributed by atoms with Crippen molar-refractivity contribution in [3.63, 3.8) is 0 Å². The van der Waals surface area contributed by atoms with E-state index in [0.29, 0.717) is 5.69 Å². The molecule has 1 heterocycles. The van der Waals surface area contributed by atoms with E-state index >= 15 is 0 Å². The fourth-order valence-corrected chi connectivity index (χ4v) is 3.49. The number of anilines is 1. The van der Waals surface area contributed by atoms with Gasteiger partial charge in [-0.15, -0.1) is 10.2 Å². The minimum atomic E-state index is -0.191. The Labute approximate surface area is 164 Å². The molecule has 0 aliphatic carbocycles. The van der Waals surface area contributed by atoms with Gasteiger partial charge in [0.05, 0.1) is 5.69 Å². The number of aromatic nitrogens is 3. The molecule has 0 saturated heterocycles. The van der Waals surface area contributed by atoms with Crippen LogP contribution in [-0.4, -0.2) is 26.9 Å². The van der Waals surface area contributed by atoms with Crippen LogP contribution in [0.25, 0.3) is 11.8 Å². The summed E-state index contributed by atoms with van der Waals surface area (Å²) in [5.41, 5.74) is 3.71. The molecule has 3 rings (SSSR count). The molecule has 7 heteroatoms. The number of thioether (sulfide) groups is 1. The van der Waals surface area contributed by atoms with E-state index in [9.17, 15) is 4.79 Å². The van der Waals surface area contributed by atoms with Crippen LogP contribution in [0.4, 0.5) is 5.69 Å². The van der Waals surface area contributed by atoms with Gasteiger partial charge in [-0.3, -0.25) is 9.36 Å². The lowest BCUT2D eigenvalue weighted by Gasteiger charge is -2.08. The third-order valence-corrected chi connectivity index (χ3v) is 4.99. The number of benzene rings is 2. The SMILES string of the molecule is CSc1nncn1-c1cccc(NC(=O)/C=C/c2ccc(C)cc2Br)c1. The maximum atomic E-state index is 12.2. The summed E-state index contributed by atoms with van der Waals surface area (Å²) in [7, 11) is 0. The Balaban J connectivity index is 1.73. The fraction of sp³-hybridized carbons (Fsp3) is 0.105. The van der Waals surface area contributed by atoms with Crippen LogP contribution >= 0.6 is 27.7 Å². The maximum absolute atomic E-state index is 12.2. The fourth-order valence-electron chi connectivity index (χ4n) is 2.39. The Bertz CT molecular complexity index is 968. The van der Waals surface area contributed by atoms with Crippen molar-refractivity contribution in [3.05, 3.63) is 70.5 Å². The first kappa shape index (κ1) is 18.4. The van der Waals surface area contributed by atoms with Gasteiger partial charge in [0.2, 0.25) is 5.91 Å². The largest absolute Gasteiger partial charge is 0.322 e. The summed E-state index contributed by atoms with van der Waals surface area (Å²) in [6, 6.07) is 13.6. The minimum absolute atomic E-state index is 0.191. The number of carbonyl (C=O) groups is 1. The molecule has 0 fully saturated rings. The van der Waals surface area contributed by atoms with E-state index in [1.807, 2.05) is 60.2 Å². The summed E-state index contributed by atoms with van der Waals surface area (Å²) in [5.74, 6) is -0.191. The molecule has 5 nitrogen and oxygen atoms in total. The van der Waals surface area contributed by atoms with Crippen LogP contribution in [0, 0.1) is 6.92 Å². The summed E-state index contributed by atoms with van der Waals surface area (Å²) in [5, 5.41) is 11.6. The van der Waals surface area contributed by atoms with Gasteiger partial charge >= 0.3 is 0 Å². The highest BCUT2D eigenvalue weighted by Gasteiger charge is 2.06. The van der Waals surface area contributed by atoms with Crippen LogP contribution in [0.2, 0.25) is 0 Å². The van der Waals surface area contributed by atoms with E-state index in [2.05, 4.69) is 31.4 Å². The molecule has 0 aliphatic heterocycles. The van der Waals surface area contributed by atoms with E-state index < -0.39 is 0 Å². The molecule has 26 heavy (non-hydrogen) atoms. The first-order chi connectivity index (χ1) is 12.6. The molecule has 0 atom stereocenters. The Morgan fingerprint density at radius 3 is 2.88 bits per heavy atom. The summed E-state index contributed by atoms with van der Waals surface area (Å²) in [4.78, 5) is 12.2. The molecular weight excluding hydrogens is 412 g/mol. The summed E-state index contributed by atoms with van der Waals surface area (Å²) < 4.78 is 2.83. The normalized spacial score (nSPS) is 11.0. The van der Waals surface area contributed by atoms with Gasteiger partial charge in [0.15, 0.2) is 5.16 Å². The highest BCUT2D eigenvalue weighted by molar-refractivity contribution is 9.10. The second kappa shape index (κ2) is 8.33. The average molecular weight is 429 g/mol. The quantitative estimate of drug-likeness (QED) is 0.471. The molecule has 2 aromatic carbocycles. The predicted octanol–water partition coefficient (Wildman–Crippen LogP) is 4.71. The predicted molar refractivity (Wildman–Crippen MR) is 110 cm³/mol. The zero-order valence-electron chi connectivity index (χ0n) is 14.3. The van der Waals surface area contributed by atoms with E-state index in [0.717, 1.165) is 26.4 Å². The molecule has 0 bridgehead atoms. The van der Waals surface area contributed by atoms with Gasteiger partial charge in [-0.1, -0.05) is 45.9 Å². The molecule has 132 valence electrons. The Morgan fingerprint density at radius 2 is 2.12 bits per heavy atom. The summed E-state index contributed by atoms with van der Waals surface area (Å²) >= 11 is 5.02. The van der Waals surface area contributed by atoms with E-state index in [1.54, 1.807) is 12.4 Å². The smallest absolute Gasteiger partial charge is 0.248 e. The Morgan fingerprint density at radius 1 is 1.27 bits per heavy atom. The molecule has 0 saturated carbocycles.